The maximum absolute atomic E-state index is 11.6. The number of likely N-dealkylation sites (N-methyl/N-ethyl adjacent to an activating group) is 1. The molecule has 5 nitrogen and oxygen atoms in total. The summed E-state index contributed by atoms with van der Waals surface area (Å²) in [6.45, 7) is 11.1. The van der Waals surface area contributed by atoms with Crippen molar-refractivity contribution >= 4 is 5.82 Å². The van der Waals surface area contributed by atoms with Crippen LogP contribution in [0.4, 0.5) is 5.82 Å². The molecule has 0 aliphatic rings. The number of H-pyrrole nitrogens is 1. The van der Waals surface area contributed by atoms with Gasteiger partial charge in [-0.2, -0.15) is 0 Å². The topological polar surface area (TPSA) is 61.0 Å². The minimum Gasteiger partial charge on any atom is -0.358 e. The summed E-state index contributed by atoms with van der Waals surface area (Å²) < 4.78 is 0. The lowest BCUT2D eigenvalue weighted by Gasteiger charge is -2.19. The van der Waals surface area contributed by atoms with Crippen LogP contribution in [-0.4, -0.2) is 36.6 Å². The van der Waals surface area contributed by atoms with Crippen molar-refractivity contribution in [1.82, 2.24) is 15.3 Å². The Kier molecular flexibility index (Phi) is 6.02. The van der Waals surface area contributed by atoms with E-state index in [2.05, 4.69) is 29.1 Å². The predicted octanol–water partition coefficient (Wildman–Crippen LogP) is 1.58. The van der Waals surface area contributed by atoms with Gasteiger partial charge in [0.2, 0.25) is 0 Å². The van der Waals surface area contributed by atoms with Gasteiger partial charge in [0.1, 0.15) is 11.6 Å². The molecule has 5 heteroatoms. The highest BCUT2D eigenvalue weighted by molar-refractivity contribution is 5.36. The van der Waals surface area contributed by atoms with Crippen LogP contribution < -0.4 is 15.8 Å². The molecule has 0 radical (unpaired) electrons. The Morgan fingerprint density at radius 1 is 1.37 bits per heavy atom. The molecule has 1 aromatic heterocycles. The first kappa shape index (κ1) is 15.7. The Balaban J connectivity index is 2.61. The Morgan fingerprint density at radius 3 is 2.63 bits per heavy atom. The van der Waals surface area contributed by atoms with Gasteiger partial charge < -0.3 is 15.2 Å². The number of anilines is 1. The van der Waals surface area contributed by atoms with Crippen LogP contribution in [0.5, 0.6) is 0 Å². The van der Waals surface area contributed by atoms with E-state index in [0.29, 0.717) is 5.92 Å². The smallest absolute Gasteiger partial charge is 0.252 e. The third kappa shape index (κ3) is 5.42. The summed E-state index contributed by atoms with van der Waals surface area (Å²) in [6.07, 6.45) is 0. The molecule has 19 heavy (non-hydrogen) atoms. The van der Waals surface area contributed by atoms with Crippen LogP contribution in [-0.2, 0) is 0 Å². The first-order valence-electron chi connectivity index (χ1n) is 6.93. The van der Waals surface area contributed by atoms with Crippen molar-refractivity contribution in [3.05, 3.63) is 22.2 Å². The van der Waals surface area contributed by atoms with Gasteiger partial charge in [0, 0.05) is 32.1 Å². The Bertz CT molecular complexity index is 439. The molecule has 0 aromatic carbocycles. The summed E-state index contributed by atoms with van der Waals surface area (Å²) in [7, 11) is 1.96. The molecule has 0 saturated carbocycles. The molecule has 0 aliphatic carbocycles. The van der Waals surface area contributed by atoms with Gasteiger partial charge in [-0.05, 0) is 12.5 Å². The van der Waals surface area contributed by atoms with Crippen molar-refractivity contribution in [2.45, 2.75) is 33.6 Å². The third-order valence-electron chi connectivity index (χ3n) is 2.86. The Hall–Kier alpha value is -1.36. The van der Waals surface area contributed by atoms with Crippen LogP contribution in [0.2, 0.25) is 0 Å². The molecule has 0 saturated heterocycles. The molecular weight excluding hydrogens is 240 g/mol. The van der Waals surface area contributed by atoms with E-state index in [1.54, 1.807) is 6.07 Å². The van der Waals surface area contributed by atoms with Gasteiger partial charge in [-0.1, -0.05) is 27.7 Å². The molecule has 0 bridgehead atoms. The monoisotopic (exact) mass is 266 g/mol. The average Bonchev–Trinajstić information content (AvgIpc) is 2.33. The summed E-state index contributed by atoms with van der Waals surface area (Å²) in [5.74, 6) is 2.35. The first-order valence-corrected chi connectivity index (χ1v) is 6.93. The van der Waals surface area contributed by atoms with E-state index in [1.807, 2.05) is 25.8 Å². The molecule has 1 rings (SSSR count). The van der Waals surface area contributed by atoms with E-state index in [0.717, 1.165) is 31.3 Å². The SMILES string of the molecule is CC(C)CNCCN(C)c1cc(=O)[nH]c(C(C)C)n1. The number of aromatic amines is 1. The second kappa shape index (κ2) is 7.28. The normalized spacial score (nSPS) is 11.3. The van der Waals surface area contributed by atoms with Crippen LogP contribution >= 0.6 is 0 Å². The van der Waals surface area contributed by atoms with Gasteiger partial charge in [0.05, 0.1) is 0 Å². The summed E-state index contributed by atoms with van der Waals surface area (Å²) >= 11 is 0. The molecule has 108 valence electrons. The lowest BCUT2D eigenvalue weighted by Crippen LogP contribution is -2.32. The molecule has 0 unspecified atom stereocenters. The number of rotatable bonds is 7. The van der Waals surface area contributed by atoms with Crippen molar-refractivity contribution in [3.8, 4) is 0 Å². The van der Waals surface area contributed by atoms with E-state index in [-0.39, 0.29) is 11.5 Å². The van der Waals surface area contributed by atoms with E-state index in [4.69, 9.17) is 0 Å². The fourth-order valence-electron chi connectivity index (χ4n) is 1.68. The third-order valence-corrected chi connectivity index (χ3v) is 2.86. The predicted molar refractivity (Wildman–Crippen MR) is 79.9 cm³/mol. The van der Waals surface area contributed by atoms with Gasteiger partial charge >= 0.3 is 0 Å². The van der Waals surface area contributed by atoms with Crippen molar-refractivity contribution in [1.29, 1.82) is 0 Å². The molecule has 0 atom stereocenters. The minimum atomic E-state index is -0.0873. The quantitative estimate of drug-likeness (QED) is 0.736. The molecule has 0 spiro atoms. The molecular formula is C14H26N4O. The van der Waals surface area contributed by atoms with E-state index in [1.165, 1.54) is 0 Å². The maximum atomic E-state index is 11.6. The largest absolute Gasteiger partial charge is 0.358 e. The molecule has 0 fully saturated rings. The van der Waals surface area contributed by atoms with Crippen LogP contribution in [0, 0.1) is 5.92 Å². The minimum absolute atomic E-state index is 0.0873. The van der Waals surface area contributed by atoms with Crippen molar-refractivity contribution in [2.24, 2.45) is 5.92 Å². The zero-order chi connectivity index (χ0) is 14.4. The van der Waals surface area contributed by atoms with E-state index in [9.17, 15) is 4.79 Å². The highest BCUT2D eigenvalue weighted by Crippen LogP contribution is 2.11. The fraction of sp³-hybridized carbons (Fsp3) is 0.714. The molecule has 0 amide bonds. The second-order valence-corrected chi connectivity index (χ2v) is 5.66. The van der Waals surface area contributed by atoms with Crippen LogP contribution in [0.15, 0.2) is 10.9 Å². The van der Waals surface area contributed by atoms with Gasteiger partial charge in [-0.15, -0.1) is 0 Å². The fourth-order valence-corrected chi connectivity index (χ4v) is 1.68. The summed E-state index contributed by atoms with van der Waals surface area (Å²) in [4.78, 5) is 20.9. The van der Waals surface area contributed by atoms with Gasteiger partial charge in [-0.25, -0.2) is 4.98 Å². The summed E-state index contributed by atoms with van der Waals surface area (Å²) in [5.41, 5.74) is -0.0873. The zero-order valence-electron chi connectivity index (χ0n) is 12.7. The Morgan fingerprint density at radius 2 is 2.05 bits per heavy atom. The summed E-state index contributed by atoms with van der Waals surface area (Å²) in [6, 6.07) is 1.55. The number of hydrogen-bond acceptors (Lipinski definition) is 4. The van der Waals surface area contributed by atoms with Crippen molar-refractivity contribution in [3.63, 3.8) is 0 Å². The van der Waals surface area contributed by atoms with Crippen LogP contribution in [0.1, 0.15) is 39.4 Å². The molecule has 1 heterocycles. The van der Waals surface area contributed by atoms with Crippen molar-refractivity contribution < 1.29 is 0 Å². The zero-order valence-corrected chi connectivity index (χ0v) is 12.7. The standard InChI is InChI=1S/C14H26N4O/c1-10(2)9-15-6-7-18(5)12-8-13(19)17-14(16-12)11(3)4/h8,10-11,15H,6-7,9H2,1-5H3,(H,16,17,19). The van der Waals surface area contributed by atoms with Gasteiger partial charge in [-0.3, -0.25) is 4.79 Å². The van der Waals surface area contributed by atoms with E-state index < -0.39 is 0 Å². The van der Waals surface area contributed by atoms with Gasteiger partial charge in [0.15, 0.2) is 0 Å². The first-order chi connectivity index (χ1) is 8.90. The Labute approximate surface area is 115 Å². The average molecular weight is 266 g/mol. The lowest BCUT2D eigenvalue weighted by molar-refractivity contribution is 0.553. The maximum Gasteiger partial charge on any atom is 0.252 e. The van der Waals surface area contributed by atoms with Crippen molar-refractivity contribution in [2.75, 3.05) is 31.6 Å². The molecule has 0 aliphatic heterocycles. The van der Waals surface area contributed by atoms with E-state index >= 15 is 0 Å². The number of hydrogen-bond donors (Lipinski definition) is 2. The van der Waals surface area contributed by atoms with Crippen LogP contribution in [0.3, 0.4) is 0 Å². The second-order valence-electron chi connectivity index (χ2n) is 5.66. The van der Waals surface area contributed by atoms with Crippen LogP contribution in [0.25, 0.3) is 0 Å². The molecule has 1 aromatic rings. The highest BCUT2D eigenvalue weighted by Gasteiger charge is 2.08. The lowest BCUT2D eigenvalue weighted by atomic mass is 10.2. The van der Waals surface area contributed by atoms with Gasteiger partial charge in [0.25, 0.3) is 5.56 Å². The number of nitrogens with zero attached hydrogens (tertiary/aromatic N) is 2. The highest BCUT2D eigenvalue weighted by atomic mass is 16.1. The number of aromatic nitrogens is 2. The molecule has 2 N–H and O–H groups in total. The summed E-state index contributed by atoms with van der Waals surface area (Å²) in [5, 5.41) is 3.38. The number of nitrogens with one attached hydrogen (secondary N) is 2.